The molecule has 1 aromatic heterocycles. The lowest BCUT2D eigenvalue weighted by Crippen LogP contribution is -2.23. The second-order valence-electron chi connectivity index (χ2n) is 4.28. The van der Waals surface area contributed by atoms with Gasteiger partial charge in [0.25, 0.3) is 0 Å². The van der Waals surface area contributed by atoms with Gasteiger partial charge in [-0.3, -0.25) is 0 Å². The molecule has 0 saturated heterocycles. The lowest BCUT2D eigenvalue weighted by atomic mass is 10.1. The zero-order valence-corrected chi connectivity index (χ0v) is 11.2. The van der Waals surface area contributed by atoms with E-state index in [1.54, 1.807) is 12.1 Å². The molecule has 0 aliphatic heterocycles. The summed E-state index contributed by atoms with van der Waals surface area (Å²) in [7, 11) is 1.31. The summed E-state index contributed by atoms with van der Waals surface area (Å²) in [4.78, 5) is 11.3. The third-order valence-corrected chi connectivity index (χ3v) is 2.96. The molecule has 106 valence electrons. The van der Waals surface area contributed by atoms with E-state index in [1.165, 1.54) is 7.11 Å². The third-order valence-electron chi connectivity index (χ3n) is 2.96. The Bertz CT molecular complexity index is 550. The summed E-state index contributed by atoms with van der Waals surface area (Å²) >= 11 is 0. The normalized spacial score (nSPS) is 12.1. The Morgan fingerprint density at radius 2 is 2.05 bits per heavy atom. The number of nitrogens with one attached hydrogen (secondary N) is 1. The van der Waals surface area contributed by atoms with Crippen LogP contribution in [0, 0.1) is 0 Å². The van der Waals surface area contributed by atoms with Gasteiger partial charge in [-0.05, 0) is 17.7 Å². The average molecular weight is 275 g/mol. The molecule has 0 bridgehead atoms. The molecular formula is C15H17NO4. The van der Waals surface area contributed by atoms with Gasteiger partial charge in [-0.2, -0.15) is 0 Å². The number of carbonyl (C=O) groups excluding carboxylic acids is 1. The molecule has 0 radical (unpaired) electrons. The molecule has 20 heavy (non-hydrogen) atoms. The van der Waals surface area contributed by atoms with Crippen molar-refractivity contribution in [2.75, 3.05) is 13.7 Å². The van der Waals surface area contributed by atoms with Gasteiger partial charge in [0.15, 0.2) is 0 Å². The molecule has 2 aromatic rings. The Labute approximate surface area is 117 Å². The number of rotatable bonds is 6. The van der Waals surface area contributed by atoms with Crippen molar-refractivity contribution in [1.29, 1.82) is 0 Å². The molecule has 5 nitrogen and oxygen atoms in total. The number of methoxy groups -OCH3 is 1. The Morgan fingerprint density at radius 3 is 2.70 bits per heavy atom. The van der Waals surface area contributed by atoms with Crippen molar-refractivity contribution in [2.24, 2.45) is 0 Å². The first kappa shape index (κ1) is 14.3. The lowest BCUT2D eigenvalue weighted by molar-refractivity contribution is 0.0562. The largest absolute Gasteiger partial charge is 0.463 e. The van der Waals surface area contributed by atoms with Crippen LogP contribution >= 0.6 is 0 Å². The number of aliphatic hydroxyl groups is 1. The molecule has 5 heteroatoms. The van der Waals surface area contributed by atoms with E-state index in [1.807, 2.05) is 30.3 Å². The first-order valence-electron chi connectivity index (χ1n) is 6.31. The van der Waals surface area contributed by atoms with Crippen LogP contribution in [-0.4, -0.2) is 24.8 Å². The number of hydrogen-bond donors (Lipinski definition) is 2. The number of carbonyl (C=O) groups is 1. The minimum Gasteiger partial charge on any atom is -0.463 e. The van der Waals surface area contributed by atoms with Gasteiger partial charge >= 0.3 is 5.97 Å². The molecule has 0 fully saturated rings. The second-order valence-corrected chi connectivity index (χ2v) is 4.28. The van der Waals surface area contributed by atoms with Crippen molar-refractivity contribution in [3.05, 3.63) is 59.5 Å². The molecule has 0 spiro atoms. The molecule has 1 aromatic carbocycles. The fourth-order valence-corrected chi connectivity index (χ4v) is 1.88. The highest BCUT2D eigenvalue weighted by Gasteiger charge is 2.13. The second kappa shape index (κ2) is 6.88. The van der Waals surface area contributed by atoms with Gasteiger partial charge in [0, 0.05) is 0 Å². The zero-order chi connectivity index (χ0) is 14.4. The molecule has 1 atom stereocenters. The van der Waals surface area contributed by atoms with Crippen LogP contribution in [0.3, 0.4) is 0 Å². The Morgan fingerprint density at radius 1 is 1.30 bits per heavy atom. The Hall–Kier alpha value is -2.11. The molecule has 1 heterocycles. The van der Waals surface area contributed by atoms with Gasteiger partial charge in [-0.25, -0.2) is 4.79 Å². The van der Waals surface area contributed by atoms with E-state index in [0.29, 0.717) is 12.3 Å². The minimum absolute atomic E-state index is 0.0193. The highest BCUT2D eigenvalue weighted by atomic mass is 16.5. The fraction of sp³-hybridized carbons (Fsp3) is 0.267. The molecule has 0 saturated carbocycles. The maximum atomic E-state index is 11.3. The van der Waals surface area contributed by atoms with Gasteiger partial charge in [0.2, 0.25) is 5.76 Å². The summed E-state index contributed by atoms with van der Waals surface area (Å²) < 4.78 is 9.92. The number of ether oxygens (including phenoxy) is 1. The van der Waals surface area contributed by atoms with Crippen molar-refractivity contribution in [3.63, 3.8) is 0 Å². The molecule has 0 aliphatic rings. The quantitative estimate of drug-likeness (QED) is 0.788. The SMILES string of the molecule is COC(=O)c1ccc(CNC(CO)c2ccccc2)o1. The zero-order valence-electron chi connectivity index (χ0n) is 11.2. The van der Waals surface area contributed by atoms with E-state index in [2.05, 4.69) is 10.1 Å². The van der Waals surface area contributed by atoms with Crippen molar-refractivity contribution in [2.45, 2.75) is 12.6 Å². The van der Waals surface area contributed by atoms with E-state index in [9.17, 15) is 9.90 Å². The van der Waals surface area contributed by atoms with E-state index < -0.39 is 5.97 Å². The highest BCUT2D eigenvalue weighted by molar-refractivity contribution is 5.86. The van der Waals surface area contributed by atoms with E-state index in [-0.39, 0.29) is 18.4 Å². The van der Waals surface area contributed by atoms with Crippen LogP contribution in [0.1, 0.15) is 27.9 Å². The summed E-state index contributed by atoms with van der Waals surface area (Å²) in [6.45, 7) is 0.395. The molecule has 0 amide bonds. The first-order chi connectivity index (χ1) is 9.74. The topological polar surface area (TPSA) is 71.7 Å². The van der Waals surface area contributed by atoms with Crippen LogP contribution in [0.15, 0.2) is 46.9 Å². The van der Waals surface area contributed by atoms with Crippen LogP contribution in [0.2, 0.25) is 0 Å². The molecular weight excluding hydrogens is 258 g/mol. The van der Waals surface area contributed by atoms with Gasteiger partial charge in [-0.15, -0.1) is 0 Å². The summed E-state index contributed by atoms with van der Waals surface area (Å²) in [6.07, 6.45) is 0. The average Bonchev–Trinajstić information content (AvgIpc) is 2.97. The molecule has 2 rings (SSSR count). The Balaban J connectivity index is 1.97. The van der Waals surface area contributed by atoms with Crippen LogP contribution in [-0.2, 0) is 11.3 Å². The molecule has 0 aliphatic carbocycles. The number of benzene rings is 1. The van der Waals surface area contributed by atoms with Gasteiger partial charge in [0.1, 0.15) is 5.76 Å². The van der Waals surface area contributed by atoms with Crippen LogP contribution in [0.5, 0.6) is 0 Å². The van der Waals surface area contributed by atoms with Gasteiger partial charge in [0.05, 0.1) is 26.3 Å². The van der Waals surface area contributed by atoms with Gasteiger partial charge < -0.3 is 19.6 Å². The van der Waals surface area contributed by atoms with Crippen molar-refractivity contribution in [1.82, 2.24) is 5.32 Å². The van der Waals surface area contributed by atoms with Gasteiger partial charge in [-0.1, -0.05) is 30.3 Å². The molecule has 2 N–H and O–H groups in total. The van der Waals surface area contributed by atoms with Crippen molar-refractivity contribution < 1.29 is 19.1 Å². The van der Waals surface area contributed by atoms with Crippen LogP contribution in [0.25, 0.3) is 0 Å². The van der Waals surface area contributed by atoms with Crippen LogP contribution in [0.4, 0.5) is 0 Å². The standard InChI is InChI=1S/C15H17NO4/c1-19-15(18)14-8-7-12(20-14)9-16-13(10-17)11-5-3-2-4-6-11/h2-8,13,16-17H,9-10H2,1H3. The lowest BCUT2D eigenvalue weighted by Gasteiger charge is -2.15. The van der Waals surface area contributed by atoms with E-state index >= 15 is 0 Å². The van der Waals surface area contributed by atoms with Crippen molar-refractivity contribution in [3.8, 4) is 0 Å². The fourth-order valence-electron chi connectivity index (χ4n) is 1.88. The van der Waals surface area contributed by atoms with Crippen LogP contribution < -0.4 is 5.32 Å². The molecule has 1 unspecified atom stereocenters. The maximum absolute atomic E-state index is 11.3. The third kappa shape index (κ3) is 3.46. The highest BCUT2D eigenvalue weighted by Crippen LogP contribution is 2.14. The number of hydrogen-bond acceptors (Lipinski definition) is 5. The predicted octanol–water partition coefficient (Wildman–Crippen LogP) is 1.89. The number of aliphatic hydroxyl groups excluding tert-OH is 1. The van der Waals surface area contributed by atoms with Crippen molar-refractivity contribution >= 4 is 5.97 Å². The maximum Gasteiger partial charge on any atom is 0.373 e. The summed E-state index contributed by atoms with van der Waals surface area (Å²) in [5.74, 6) is 0.280. The Kier molecular flexibility index (Phi) is 4.92. The monoisotopic (exact) mass is 275 g/mol. The number of esters is 1. The van der Waals surface area contributed by atoms with E-state index in [0.717, 1.165) is 5.56 Å². The smallest absolute Gasteiger partial charge is 0.373 e. The first-order valence-corrected chi connectivity index (χ1v) is 6.31. The van der Waals surface area contributed by atoms with E-state index in [4.69, 9.17) is 4.42 Å². The number of furan rings is 1. The predicted molar refractivity (Wildman–Crippen MR) is 73.2 cm³/mol. The summed E-state index contributed by atoms with van der Waals surface area (Å²) in [6, 6.07) is 12.7. The minimum atomic E-state index is -0.502. The summed E-state index contributed by atoms with van der Waals surface area (Å²) in [5.41, 5.74) is 0.995. The summed E-state index contributed by atoms with van der Waals surface area (Å²) in [5, 5.41) is 12.6.